The number of para-hydroxylation sites is 1. The van der Waals surface area contributed by atoms with Gasteiger partial charge in [-0.05, 0) is 30.7 Å². The van der Waals surface area contributed by atoms with Gasteiger partial charge >= 0.3 is 0 Å². The molecule has 9 heteroatoms. The number of nitrogens with two attached hydrogens (primary N) is 1. The van der Waals surface area contributed by atoms with Crippen molar-refractivity contribution in [1.29, 1.82) is 0 Å². The lowest BCUT2D eigenvalue weighted by atomic mass is 9.97. The van der Waals surface area contributed by atoms with Crippen LogP contribution in [0.4, 0.5) is 0 Å². The number of rotatable bonds is 11. The number of morpholine rings is 1. The van der Waals surface area contributed by atoms with Crippen LogP contribution >= 0.6 is 11.6 Å². The number of ether oxygens (including phenoxy) is 3. The van der Waals surface area contributed by atoms with E-state index in [-0.39, 0.29) is 18.9 Å². The van der Waals surface area contributed by atoms with Gasteiger partial charge in [-0.2, -0.15) is 0 Å². The fraction of sp³-hybridized carbons (Fsp3) is 0.462. The fourth-order valence-electron chi connectivity index (χ4n) is 4.62. The smallest absolute Gasteiger partial charge is 0.222 e. The summed E-state index contributed by atoms with van der Waals surface area (Å²) < 4.78 is 18.1. The van der Waals surface area contributed by atoms with Gasteiger partial charge in [-0.25, -0.2) is 0 Å². The first-order valence-electron chi connectivity index (χ1n) is 11.9. The summed E-state index contributed by atoms with van der Waals surface area (Å²) in [6, 6.07) is 15.0. The summed E-state index contributed by atoms with van der Waals surface area (Å²) in [6.45, 7) is 4.28. The Morgan fingerprint density at radius 2 is 2.00 bits per heavy atom. The van der Waals surface area contributed by atoms with Gasteiger partial charge < -0.3 is 24.8 Å². The zero-order valence-corrected chi connectivity index (χ0v) is 20.5. The minimum absolute atomic E-state index is 0.0477. The Hall–Kier alpha value is -2.81. The first kappa shape index (κ1) is 25.3. The molecule has 0 unspecified atom stereocenters. The van der Waals surface area contributed by atoms with E-state index in [1.165, 1.54) is 0 Å². The minimum Gasteiger partial charge on any atom is -0.491 e. The van der Waals surface area contributed by atoms with E-state index in [0.717, 1.165) is 24.3 Å². The Labute approximate surface area is 210 Å². The number of likely N-dealkylation sites (tertiary alicyclic amines) is 1. The predicted octanol–water partition coefficient (Wildman–Crippen LogP) is 2.87. The number of carbonyl (C=O) groups is 2. The highest BCUT2D eigenvalue weighted by Gasteiger charge is 2.39. The first-order chi connectivity index (χ1) is 16.9. The van der Waals surface area contributed by atoms with E-state index < -0.39 is 11.5 Å². The number of hydrogen-bond donors (Lipinski definition) is 1. The van der Waals surface area contributed by atoms with E-state index >= 15 is 0 Å². The normalized spacial score (nSPS) is 20.7. The summed E-state index contributed by atoms with van der Waals surface area (Å²) in [5.41, 5.74) is 5.75. The maximum atomic E-state index is 11.9. The number of hydrogen-bond acceptors (Lipinski definition) is 6. The zero-order chi connectivity index (χ0) is 24.7. The molecule has 0 aliphatic carbocycles. The first-order valence-corrected chi connectivity index (χ1v) is 12.3. The molecule has 0 bridgehead atoms. The van der Waals surface area contributed by atoms with E-state index in [2.05, 4.69) is 4.90 Å². The van der Waals surface area contributed by atoms with Crippen molar-refractivity contribution in [2.75, 3.05) is 46.0 Å². The fourth-order valence-corrected chi connectivity index (χ4v) is 4.80. The predicted molar refractivity (Wildman–Crippen MR) is 132 cm³/mol. The second-order valence-corrected chi connectivity index (χ2v) is 9.51. The molecule has 1 atom stereocenters. The average molecular weight is 502 g/mol. The Bertz CT molecular complexity index is 1040. The Kier molecular flexibility index (Phi) is 8.49. The summed E-state index contributed by atoms with van der Waals surface area (Å²) in [5.74, 6) is 1.15. The molecule has 2 aromatic rings. The minimum atomic E-state index is -0.863. The maximum Gasteiger partial charge on any atom is 0.222 e. The second-order valence-electron chi connectivity index (χ2n) is 9.07. The molecule has 0 radical (unpaired) electrons. The molecule has 2 fully saturated rings. The SMILES string of the molecule is NC(=O)C[C@@]1(COc2cccc(Cl)c2)CN(Cc2ccccc2OCCN2CCCC2=O)CCO1. The summed E-state index contributed by atoms with van der Waals surface area (Å²) in [6.07, 6.45) is 1.59. The molecule has 2 aliphatic heterocycles. The lowest BCUT2D eigenvalue weighted by molar-refractivity contribution is -0.148. The molecular weight excluding hydrogens is 470 g/mol. The molecule has 2 heterocycles. The highest BCUT2D eigenvalue weighted by Crippen LogP contribution is 2.28. The molecule has 35 heavy (non-hydrogen) atoms. The number of benzene rings is 2. The molecule has 188 valence electrons. The Morgan fingerprint density at radius 1 is 1.14 bits per heavy atom. The van der Waals surface area contributed by atoms with Crippen molar-refractivity contribution in [3.63, 3.8) is 0 Å². The van der Waals surface area contributed by atoms with Gasteiger partial charge in [0, 0.05) is 43.2 Å². The number of nitrogens with zero attached hydrogens (tertiary/aromatic N) is 2. The molecule has 0 saturated carbocycles. The van der Waals surface area contributed by atoms with Crippen LogP contribution in [0.1, 0.15) is 24.8 Å². The number of primary amides is 1. The van der Waals surface area contributed by atoms with Crippen LogP contribution in [0, 0.1) is 0 Å². The largest absolute Gasteiger partial charge is 0.491 e. The number of carbonyl (C=O) groups excluding carboxylic acids is 2. The van der Waals surface area contributed by atoms with Crippen molar-refractivity contribution in [2.45, 2.75) is 31.4 Å². The van der Waals surface area contributed by atoms with Gasteiger partial charge in [0.05, 0.1) is 19.6 Å². The third kappa shape index (κ3) is 7.10. The molecule has 2 aromatic carbocycles. The highest BCUT2D eigenvalue weighted by molar-refractivity contribution is 6.30. The van der Waals surface area contributed by atoms with Crippen LogP contribution in [0.5, 0.6) is 11.5 Å². The number of amides is 2. The summed E-state index contributed by atoms with van der Waals surface area (Å²) in [5, 5.41) is 0.573. The van der Waals surface area contributed by atoms with Crippen molar-refractivity contribution in [3.05, 3.63) is 59.1 Å². The van der Waals surface area contributed by atoms with Crippen LogP contribution in [-0.4, -0.2) is 73.2 Å². The molecule has 2 aliphatic rings. The Balaban J connectivity index is 1.39. The van der Waals surface area contributed by atoms with Crippen molar-refractivity contribution in [2.24, 2.45) is 5.73 Å². The Morgan fingerprint density at radius 3 is 2.77 bits per heavy atom. The van der Waals surface area contributed by atoms with Crippen LogP contribution < -0.4 is 15.2 Å². The van der Waals surface area contributed by atoms with Crippen LogP contribution in [0.25, 0.3) is 0 Å². The highest BCUT2D eigenvalue weighted by atomic mass is 35.5. The van der Waals surface area contributed by atoms with Gasteiger partial charge in [0.2, 0.25) is 11.8 Å². The van der Waals surface area contributed by atoms with E-state index in [1.54, 1.807) is 12.1 Å². The molecule has 0 aromatic heterocycles. The van der Waals surface area contributed by atoms with Gasteiger partial charge in [0.25, 0.3) is 0 Å². The zero-order valence-electron chi connectivity index (χ0n) is 19.8. The standard InChI is InChI=1S/C26H32ClN3O5/c27-21-6-3-7-22(15-21)34-19-26(16-24(28)31)18-29(11-14-35-26)17-20-5-1-2-8-23(20)33-13-12-30-10-4-9-25(30)32/h1-3,5-8,15H,4,9-14,16-19H2,(H2,28,31)/t26-/m0/s1. The van der Waals surface area contributed by atoms with E-state index in [9.17, 15) is 9.59 Å². The number of halogens is 1. The lowest BCUT2D eigenvalue weighted by Gasteiger charge is -2.42. The van der Waals surface area contributed by atoms with Gasteiger partial charge in [-0.3, -0.25) is 14.5 Å². The van der Waals surface area contributed by atoms with Crippen molar-refractivity contribution in [1.82, 2.24) is 9.80 Å². The van der Waals surface area contributed by atoms with Crippen molar-refractivity contribution in [3.8, 4) is 11.5 Å². The van der Waals surface area contributed by atoms with E-state index in [0.29, 0.717) is 56.6 Å². The lowest BCUT2D eigenvalue weighted by Crippen LogP contribution is -2.56. The molecule has 2 amide bonds. The third-order valence-corrected chi connectivity index (χ3v) is 6.51. The second kappa shape index (κ2) is 11.7. The van der Waals surface area contributed by atoms with Crippen LogP contribution in [0.15, 0.2) is 48.5 Å². The molecule has 4 rings (SSSR count). The summed E-state index contributed by atoms with van der Waals surface area (Å²) in [4.78, 5) is 27.8. The molecule has 0 spiro atoms. The van der Waals surface area contributed by atoms with Crippen molar-refractivity contribution >= 4 is 23.4 Å². The quantitative estimate of drug-likeness (QED) is 0.509. The van der Waals surface area contributed by atoms with Crippen LogP contribution in [0.3, 0.4) is 0 Å². The summed E-state index contributed by atoms with van der Waals surface area (Å²) >= 11 is 6.07. The topological polar surface area (TPSA) is 94.3 Å². The summed E-state index contributed by atoms with van der Waals surface area (Å²) in [7, 11) is 0. The average Bonchev–Trinajstić information content (AvgIpc) is 3.23. The molecule has 2 saturated heterocycles. The van der Waals surface area contributed by atoms with Gasteiger partial charge in [0.15, 0.2) is 0 Å². The van der Waals surface area contributed by atoms with Gasteiger partial charge in [0.1, 0.15) is 30.3 Å². The van der Waals surface area contributed by atoms with E-state index in [1.807, 2.05) is 41.3 Å². The molecular formula is C26H32ClN3O5. The monoisotopic (exact) mass is 501 g/mol. The van der Waals surface area contributed by atoms with Gasteiger partial charge in [-0.15, -0.1) is 0 Å². The van der Waals surface area contributed by atoms with Crippen LogP contribution in [0.2, 0.25) is 5.02 Å². The van der Waals surface area contributed by atoms with Gasteiger partial charge in [-0.1, -0.05) is 35.9 Å². The van der Waals surface area contributed by atoms with Crippen LogP contribution in [-0.2, 0) is 20.9 Å². The third-order valence-electron chi connectivity index (χ3n) is 6.28. The van der Waals surface area contributed by atoms with E-state index in [4.69, 9.17) is 31.5 Å². The van der Waals surface area contributed by atoms with Crippen molar-refractivity contribution < 1.29 is 23.8 Å². The molecule has 2 N–H and O–H groups in total. The maximum absolute atomic E-state index is 11.9. The molecule has 8 nitrogen and oxygen atoms in total.